The zero-order valence-electron chi connectivity index (χ0n) is 17.7. The Bertz CT molecular complexity index is 910. The average molecular weight is 519 g/mol. The number of hydrogen-bond acceptors (Lipinski definition) is 3. The van der Waals surface area contributed by atoms with Gasteiger partial charge < -0.3 is 19.9 Å². The highest BCUT2D eigenvalue weighted by Gasteiger charge is 2.08. The van der Waals surface area contributed by atoms with Gasteiger partial charge in [0, 0.05) is 45.7 Å². The monoisotopic (exact) mass is 519 g/mol. The SMILES string of the molecule is CN=C(NCc1ccccc1-c1ccc(Cn2ccnc2)cc1)NC(C)COC.I. The van der Waals surface area contributed by atoms with Gasteiger partial charge in [-0.15, -0.1) is 24.0 Å². The zero-order chi connectivity index (χ0) is 20.5. The lowest BCUT2D eigenvalue weighted by Gasteiger charge is -2.18. The van der Waals surface area contributed by atoms with Crippen LogP contribution in [0.25, 0.3) is 11.1 Å². The molecule has 0 radical (unpaired) electrons. The summed E-state index contributed by atoms with van der Waals surface area (Å²) >= 11 is 0. The van der Waals surface area contributed by atoms with Crippen molar-refractivity contribution in [2.75, 3.05) is 20.8 Å². The third-order valence-corrected chi connectivity index (χ3v) is 4.68. The van der Waals surface area contributed by atoms with Crippen molar-refractivity contribution in [3.8, 4) is 11.1 Å². The molecule has 30 heavy (non-hydrogen) atoms. The molecular weight excluding hydrogens is 489 g/mol. The van der Waals surface area contributed by atoms with Crippen molar-refractivity contribution in [1.82, 2.24) is 20.2 Å². The first kappa shape index (κ1) is 23.9. The number of nitrogens with zero attached hydrogens (tertiary/aromatic N) is 3. The predicted octanol–water partition coefficient (Wildman–Crippen LogP) is 3.92. The van der Waals surface area contributed by atoms with E-state index in [9.17, 15) is 0 Å². The first-order valence-corrected chi connectivity index (χ1v) is 9.78. The lowest BCUT2D eigenvalue weighted by Crippen LogP contribution is -2.43. The fraction of sp³-hybridized carbons (Fsp3) is 0.304. The van der Waals surface area contributed by atoms with Gasteiger partial charge in [0.15, 0.2) is 5.96 Å². The van der Waals surface area contributed by atoms with E-state index in [1.165, 1.54) is 22.3 Å². The van der Waals surface area contributed by atoms with Crippen molar-refractivity contribution in [3.05, 3.63) is 78.4 Å². The van der Waals surface area contributed by atoms with Crippen LogP contribution < -0.4 is 10.6 Å². The number of aromatic nitrogens is 2. The van der Waals surface area contributed by atoms with Gasteiger partial charge in [0.25, 0.3) is 0 Å². The van der Waals surface area contributed by atoms with E-state index in [-0.39, 0.29) is 30.0 Å². The number of aliphatic imine (C=N–C) groups is 1. The molecule has 3 aromatic rings. The fourth-order valence-electron chi connectivity index (χ4n) is 3.24. The Morgan fingerprint density at radius 1 is 1.17 bits per heavy atom. The predicted molar refractivity (Wildman–Crippen MR) is 133 cm³/mol. The van der Waals surface area contributed by atoms with Gasteiger partial charge in [0.2, 0.25) is 0 Å². The molecule has 1 heterocycles. The molecule has 1 unspecified atom stereocenters. The first-order valence-electron chi connectivity index (χ1n) is 9.78. The summed E-state index contributed by atoms with van der Waals surface area (Å²) in [5.74, 6) is 0.764. The van der Waals surface area contributed by atoms with E-state index in [4.69, 9.17) is 4.74 Å². The highest BCUT2D eigenvalue weighted by atomic mass is 127. The quantitative estimate of drug-likeness (QED) is 0.269. The molecule has 0 bridgehead atoms. The maximum absolute atomic E-state index is 5.18. The number of methoxy groups -OCH3 is 1. The third-order valence-electron chi connectivity index (χ3n) is 4.68. The van der Waals surface area contributed by atoms with Crippen LogP contribution in [-0.4, -0.2) is 42.3 Å². The molecule has 3 rings (SSSR count). The molecule has 0 saturated heterocycles. The van der Waals surface area contributed by atoms with E-state index in [0.29, 0.717) is 13.2 Å². The van der Waals surface area contributed by atoms with Crippen LogP contribution in [0.1, 0.15) is 18.1 Å². The first-order chi connectivity index (χ1) is 14.2. The smallest absolute Gasteiger partial charge is 0.191 e. The van der Waals surface area contributed by atoms with Crippen LogP contribution in [0.2, 0.25) is 0 Å². The van der Waals surface area contributed by atoms with E-state index < -0.39 is 0 Å². The number of imidazole rings is 1. The van der Waals surface area contributed by atoms with E-state index in [1.807, 2.05) is 12.5 Å². The van der Waals surface area contributed by atoms with E-state index in [2.05, 4.69) is 80.6 Å². The Morgan fingerprint density at radius 3 is 2.60 bits per heavy atom. The van der Waals surface area contributed by atoms with E-state index in [0.717, 1.165) is 12.5 Å². The van der Waals surface area contributed by atoms with Crippen molar-refractivity contribution in [3.63, 3.8) is 0 Å². The van der Waals surface area contributed by atoms with Crippen molar-refractivity contribution in [2.24, 2.45) is 4.99 Å². The summed E-state index contributed by atoms with van der Waals surface area (Å²) in [5, 5.41) is 6.73. The summed E-state index contributed by atoms with van der Waals surface area (Å²) in [5.41, 5.74) is 4.89. The normalized spacial score (nSPS) is 12.2. The Balaban J connectivity index is 0.00000320. The molecule has 0 saturated carbocycles. The third kappa shape index (κ3) is 6.84. The second kappa shape index (κ2) is 12.3. The Kier molecular flexibility index (Phi) is 9.82. The number of halogens is 1. The molecule has 6 nitrogen and oxygen atoms in total. The Labute approximate surface area is 195 Å². The Hall–Kier alpha value is -2.39. The summed E-state index contributed by atoms with van der Waals surface area (Å²) in [6.45, 7) is 4.20. The van der Waals surface area contributed by atoms with Gasteiger partial charge in [-0.05, 0) is 29.2 Å². The molecule has 160 valence electrons. The van der Waals surface area contributed by atoms with Crippen molar-refractivity contribution in [1.29, 1.82) is 0 Å². The topological polar surface area (TPSA) is 63.5 Å². The lowest BCUT2D eigenvalue weighted by atomic mass is 9.98. The van der Waals surface area contributed by atoms with Crippen molar-refractivity contribution >= 4 is 29.9 Å². The molecule has 0 amide bonds. The molecule has 0 spiro atoms. The molecular formula is C23H30IN5O. The molecule has 0 aliphatic carbocycles. The Morgan fingerprint density at radius 2 is 1.93 bits per heavy atom. The zero-order valence-corrected chi connectivity index (χ0v) is 20.0. The van der Waals surface area contributed by atoms with Crippen LogP contribution >= 0.6 is 24.0 Å². The number of guanidine groups is 1. The molecule has 0 aliphatic heterocycles. The van der Waals surface area contributed by atoms with Gasteiger partial charge >= 0.3 is 0 Å². The van der Waals surface area contributed by atoms with Crippen LogP contribution in [0.4, 0.5) is 0 Å². The number of rotatable bonds is 8. The molecule has 1 atom stereocenters. The summed E-state index contributed by atoms with van der Waals surface area (Å²) in [6.07, 6.45) is 5.61. The van der Waals surface area contributed by atoms with Gasteiger partial charge in [-0.1, -0.05) is 48.5 Å². The molecule has 7 heteroatoms. The molecule has 2 N–H and O–H groups in total. The van der Waals surface area contributed by atoms with Crippen molar-refractivity contribution < 1.29 is 4.74 Å². The second-order valence-corrected chi connectivity index (χ2v) is 7.02. The summed E-state index contributed by atoms with van der Waals surface area (Å²) in [6, 6.07) is 17.3. The van der Waals surface area contributed by atoms with Crippen LogP contribution in [-0.2, 0) is 17.8 Å². The van der Waals surface area contributed by atoms with Crippen LogP contribution in [0, 0.1) is 0 Å². The number of ether oxygens (including phenoxy) is 1. The summed E-state index contributed by atoms with van der Waals surface area (Å²) in [7, 11) is 3.48. The minimum Gasteiger partial charge on any atom is -0.383 e. The van der Waals surface area contributed by atoms with Gasteiger partial charge in [0.1, 0.15) is 0 Å². The maximum atomic E-state index is 5.18. The van der Waals surface area contributed by atoms with Crippen LogP contribution in [0.15, 0.2) is 72.2 Å². The number of benzene rings is 2. The van der Waals surface area contributed by atoms with Crippen molar-refractivity contribution in [2.45, 2.75) is 26.1 Å². The molecule has 1 aromatic heterocycles. The van der Waals surface area contributed by atoms with Gasteiger partial charge in [-0.3, -0.25) is 4.99 Å². The number of nitrogens with one attached hydrogen (secondary N) is 2. The largest absolute Gasteiger partial charge is 0.383 e. The van der Waals surface area contributed by atoms with Crippen LogP contribution in [0.3, 0.4) is 0 Å². The lowest BCUT2D eigenvalue weighted by molar-refractivity contribution is 0.179. The molecule has 0 aliphatic rings. The maximum Gasteiger partial charge on any atom is 0.191 e. The van der Waals surface area contributed by atoms with Crippen LogP contribution in [0.5, 0.6) is 0 Å². The van der Waals surface area contributed by atoms with Gasteiger partial charge in [-0.25, -0.2) is 4.98 Å². The molecule has 0 fully saturated rings. The standard InChI is InChI=1S/C23H29N5O.HI/c1-18(16-29-3)27-23(24-2)26-14-21-6-4-5-7-22(21)20-10-8-19(9-11-20)15-28-13-12-25-17-28;/h4-13,17-18H,14-16H2,1-3H3,(H2,24,26,27);1H. The average Bonchev–Trinajstić information content (AvgIpc) is 3.25. The minimum atomic E-state index is 0. The van der Waals surface area contributed by atoms with Gasteiger partial charge in [-0.2, -0.15) is 0 Å². The summed E-state index contributed by atoms with van der Waals surface area (Å²) < 4.78 is 7.25. The minimum absolute atomic E-state index is 0. The number of hydrogen-bond donors (Lipinski definition) is 2. The van der Waals surface area contributed by atoms with Gasteiger partial charge in [0.05, 0.1) is 12.9 Å². The highest BCUT2D eigenvalue weighted by molar-refractivity contribution is 14.0. The molecule has 2 aromatic carbocycles. The second-order valence-electron chi connectivity index (χ2n) is 7.02. The van der Waals surface area contributed by atoms with E-state index >= 15 is 0 Å². The fourth-order valence-corrected chi connectivity index (χ4v) is 3.24. The van der Waals surface area contributed by atoms with E-state index in [1.54, 1.807) is 20.4 Å². The highest BCUT2D eigenvalue weighted by Crippen LogP contribution is 2.24. The summed E-state index contributed by atoms with van der Waals surface area (Å²) in [4.78, 5) is 8.41.